The second-order valence-corrected chi connectivity index (χ2v) is 11.9. The van der Waals surface area contributed by atoms with Gasteiger partial charge in [0.2, 0.25) is 15.9 Å². The zero-order valence-electron chi connectivity index (χ0n) is 19.1. The summed E-state index contributed by atoms with van der Waals surface area (Å²) >= 11 is 1.49. The van der Waals surface area contributed by atoms with Crippen LogP contribution in [0.2, 0.25) is 0 Å². The van der Waals surface area contributed by atoms with Crippen LogP contribution in [0.1, 0.15) is 34.5 Å². The Bertz CT molecular complexity index is 1270. The topological polar surface area (TPSA) is 82.6 Å². The predicted octanol–water partition coefficient (Wildman–Crippen LogP) is 3.80. The molecule has 178 valence electrons. The van der Waals surface area contributed by atoms with Gasteiger partial charge >= 0.3 is 0 Å². The first-order chi connectivity index (χ1) is 16.4. The van der Waals surface area contributed by atoms with Crippen LogP contribution in [0.3, 0.4) is 0 Å². The number of fused-ring (bicyclic) bond motifs is 1. The van der Waals surface area contributed by atoms with Gasteiger partial charge in [-0.15, -0.1) is 11.3 Å². The van der Waals surface area contributed by atoms with E-state index in [4.69, 9.17) is 0 Å². The van der Waals surface area contributed by atoms with Crippen LogP contribution in [0.5, 0.6) is 0 Å². The summed E-state index contributed by atoms with van der Waals surface area (Å²) in [4.78, 5) is 21.5. The second kappa shape index (κ2) is 9.58. The molecule has 9 heteroatoms. The van der Waals surface area contributed by atoms with Crippen LogP contribution in [0, 0.1) is 6.92 Å². The number of anilines is 1. The number of thiazole rings is 1. The lowest BCUT2D eigenvalue weighted by molar-refractivity contribution is -0.119. The number of hydrogen-bond donors (Lipinski definition) is 1. The van der Waals surface area contributed by atoms with Crippen molar-refractivity contribution >= 4 is 32.4 Å². The van der Waals surface area contributed by atoms with Crippen molar-refractivity contribution < 1.29 is 13.2 Å². The number of sulfonamides is 1. The molecule has 1 fully saturated rings. The molecular weight excluding hydrogens is 468 g/mol. The summed E-state index contributed by atoms with van der Waals surface area (Å²) < 4.78 is 27.7. The van der Waals surface area contributed by atoms with Gasteiger partial charge in [-0.2, -0.15) is 4.31 Å². The zero-order valence-corrected chi connectivity index (χ0v) is 20.7. The lowest BCUT2D eigenvalue weighted by Crippen LogP contribution is -2.43. The number of benzene rings is 2. The largest absolute Gasteiger partial charge is 0.301 e. The van der Waals surface area contributed by atoms with Gasteiger partial charge in [0, 0.05) is 37.5 Å². The summed E-state index contributed by atoms with van der Waals surface area (Å²) in [5, 5.41) is 3.46. The minimum Gasteiger partial charge on any atom is -0.301 e. The molecule has 3 aromatic rings. The Labute approximate surface area is 204 Å². The fourth-order valence-electron chi connectivity index (χ4n) is 4.60. The minimum absolute atomic E-state index is 0.223. The number of nitrogens with zero attached hydrogens (tertiary/aromatic N) is 3. The first kappa shape index (κ1) is 23.2. The number of aryl methyl sites for hydroxylation is 1. The molecule has 34 heavy (non-hydrogen) atoms. The van der Waals surface area contributed by atoms with Crippen molar-refractivity contribution in [3.8, 4) is 0 Å². The Kier molecular flexibility index (Phi) is 6.52. The number of carbonyl (C=O) groups excluding carboxylic acids is 1. The molecule has 1 amide bonds. The summed E-state index contributed by atoms with van der Waals surface area (Å²) in [6, 6.07) is 16.4. The molecule has 0 radical (unpaired) electrons. The first-order valence-corrected chi connectivity index (χ1v) is 13.8. The van der Waals surface area contributed by atoms with Crippen LogP contribution in [0.25, 0.3) is 0 Å². The average Bonchev–Trinajstić information content (AvgIpc) is 3.47. The normalized spacial score (nSPS) is 19.1. The molecule has 7 nitrogen and oxygen atoms in total. The van der Waals surface area contributed by atoms with Gasteiger partial charge in [0.05, 0.1) is 10.6 Å². The molecule has 0 bridgehead atoms. The Hall–Kier alpha value is -2.59. The van der Waals surface area contributed by atoms with E-state index in [0.717, 1.165) is 42.2 Å². The van der Waals surface area contributed by atoms with Gasteiger partial charge in [0.25, 0.3) is 0 Å². The maximum Gasteiger partial charge on any atom is 0.244 e. The lowest BCUT2D eigenvalue weighted by Gasteiger charge is -2.25. The van der Waals surface area contributed by atoms with Crippen LogP contribution in [-0.2, 0) is 34.3 Å². The van der Waals surface area contributed by atoms with Crippen LogP contribution >= 0.6 is 11.3 Å². The van der Waals surface area contributed by atoms with Gasteiger partial charge in [0.15, 0.2) is 5.13 Å². The van der Waals surface area contributed by atoms with Crippen molar-refractivity contribution in [3.05, 3.63) is 76.3 Å². The monoisotopic (exact) mass is 496 g/mol. The number of rotatable bonds is 6. The molecule has 5 rings (SSSR count). The standard InChI is InChI=1S/C25H28N4O3S2/c1-18-9-11-20(12-10-18)34(31,32)29-14-5-8-22(29)24(30)27-25-26-21-13-15-28(17-23(21)33-25)16-19-6-3-2-4-7-19/h2-4,6-7,9-12,22H,5,8,13-17H2,1H3,(H,26,27,30)/t22-/m0/s1. The summed E-state index contributed by atoms with van der Waals surface area (Å²) in [5.41, 5.74) is 3.30. The molecule has 1 atom stereocenters. The highest BCUT2D eigenvalue weighted by atomic mass is 32.2. The lowest BCUT2D eigenvalue weighted by atomic mass is 10.1. The number of aromatic nitrogens is 1. The summed E-state index contributed by atoms with van der Waals surface area (Å²) in [6.45, 7) is 4.86. The molecule has 1 aromatic heterocycles. The fraction of sp³-hybridized carbons (Fsp3) is 0.360. The highest BCUT2D eigenvalue weighted by Crippen LogP contribution is 2.31. The summed E-state index contributed by atoms with van der Waals surface area (Å²) in [6.07, 6.45) is 2.00. The molecule has 0 spiro atoms. The van der Waals surface area contributed by atoms with E-state index in [-0.39, 0.29) is 10.8 Å². The van der Waals surface area contributed by atoms with Crippen molar-refractivity contribution in [3.63, 3.8) is 0 Å². The van der Waals surface area contributed by atoms with Gasteiger partial charge in [-0.1, -0.05) is 48.0 Å². The Morgan fingerprint density at radius 2 is 1.88 bits per heavy atom. The molecule has 1 saturated heterocycles. The van der Waals surface area contributed by atoms with Crippen molar-refractivity contribution in [1.82, 2.24) is 14.2 Å². The first-order valence-electron chi connectivity index (χ1n) is 11.5. The van der Waals surface area contributed by atoms with Crippen LogP contribution in [-0.4, -0.2) is 47.6 Å². The molecule has 0 saturated carbocycles. The smallest absolute Gasteiger partial charge is 0.244 e. The van der Waals surface area contributed by atoms with Gasteiger partial charge in [-0.3, -0.25) is 9.69 Å². The maximum atomic E-state index is 13.2. The van der Waals surface area contributed by atoms with Crippen molar-refractivity contribution in [1.29, 1.82) is 0 Å². The molecule has 2 aromatic carbocycles. The molecule has 0 aliphatic carbocycles. The zero-order chi connectivity index (χ0) is 23.7. The van der Waals surface area contributed by atoms with Crippen LogP contribution in [0.4, 0.5) is 5.13 Å². The van der Waals surface area contributed by atoms with Crippen LogP contribution in [0.15, 0.2) is 59.5 Å². The average molecular weight is 497 g/mol. The quantitative estimate of drug-likeness (QED) is 0.561. The molecule has 2 aliphatic heterocycles. The van der Waals surface area contributed by atoms with Gasteiger partial charge in [-0.25, -0.2) is 13.4 Å². The van der Waals surface area contributed by atoms with Crippen molar-refractivity contribution in [2.45, 2.75) is 50.2 Å². The van der Waals surface area contributed by atoms with Gasteiger partial charge < -0.3 is 5.32 Å². The van der Waals surface area contributed by atoms with Gasteiger partial charge in [0.1, 0.15) is 6.04 Å². The third kappa shape index (κ3) is 4.79. The fourth-order valence-corrected chi connectivity index (χ4v) is 7.31. The predicted molar refractivity (Wildman–Crippen MR) is 133 cm³/mol. The third-order valence-electron chi connectivity index (χ3n) is 6.42. The molecule has 3 heterocycles. The minimum atomic E-state index is -3.73. The Morgan fingerprint density at radius 1 is 1.12 bits per heavy atom. The SMILES string of the molecule is Cc1ccc(S(=O)(=O)N2CCC[C@H]2C(=O)Nc2nc3c(s2)CN(Cc2ccccc2)CC3)cc1. The molecule has 2 aliphatic rings. The number of hydrogen-bond acceptors (Lipinski definition) is 6. The Morgan fingerprint density at radius 3 is 2.65 bits per heavy atom. The van der Waals surface area contributed by atoms with Gasteiger partial charge in [-0.05, 0) is 37.5 Å². The van der Waals surface area contributed by atoms with E-state index in [1.807, 2.05) is 13.0 Å². The molecule has 1 N–H and O–H groups in total. The molecule has 0 unspecified atom stereocenters. The van der Waals surface area contributed by atoms with E-state index in [2.05, 4.69) is 39.5 Å². The second-order valence-electron chi connectivity index (χ2n) is 8.91. The van der Waals surface area contributed by atoms with E-state index >= 15 is 0 Å². The Balaban J connectivity index is 1.26. The summed E-state index contributed by atoms with van der Waals surface area (Å²) in [7, 11) is -3.73. The number of carbonyl (C=O) groups is 1. The number of nitrogens with one attached hydrogen (secondary N) is 1. The third-order valence-corrected chi connectivity index (χ3v) is 9.34. The highest BCUT2D eigenvalue weighted by molar-refractivity contribution is 7.89. The van der Waals surface area contributed by atoms with E-state index < -0.39 is 16.1 Å². The van der Waals surface area contributed by atoms with Crippen molar-refractivity contribution in [2.24, 2.45) is 0 Å². The maximum absolute atomic E-state index is 13.2. The van der Waals surface area contributed by atoms with Crippen molar-refractivity contribution in [2.75, 3.05) is 18.4 Å². The van der Waals surface area contributed by atoms with E-state index in [0.29, 0.717) is 24.5 Å². The van der Waals surface area contributed by atoms with E-state index in [9.17, 15) is 13.2 Å². The highest BCUT2D eigenvalue weighted by Gasteiger charge is 2.39. The molecular formula is C25H28N4O3S2. The van der Waals surface area contributed by atoms with Crippen LogP contribution < -0.4 is 5.32 Å². The number of amides is 1. The van der Waals surface area contributed by atoms with E-state index in [1.165, 1.54) is 21.2 Å². The van der Waals surface area contributed by atoms with E-state index in [1.54, 1.807) is 24.3 Å². The summed E-state index contributed by atoms with van der Waals surface area (Å²) in [5.74, 6) is -0.305.